The van der Waals surface area contributed by atoms with Gasteiger partial charge in [0, 0.05) is 0 Å². The second kappa shape index (κ2) is 6.29. The number of azo groups is 1. The maximum absolute atomic E-state index is 12.4. The van der Waals surface area contributed by atoms with Crippen LogP contribution in [0, 0.1) is 5.92 Å². The SMILES string of the molecule is COC(=O)[C@]1(NC(=O)OC(C)(C)C)N=NC[C@H]1[C@H]1COC(C)(C)O1. The van der Waals surface area contributed by atoms with Crippen molar-refractivity contribution in [2.45, 2.75) is 57.8 Å². The van der Waals surface area contributed by atoms with Gasteiger partial charge in [-0.2, -0.15) is 10.2 Å². The van der Waals surface area contributed by atoms with E-state index in [0.29, 0.717) is 0 Å². The Kier molecular flexibility index (Phi) is 4.87. The lowest BCUT2D eigenvalue weighted by atomic mass is 9.89. The summed E-state index contributed by atoms with van der Waals surface area (Å²) in [5.74, 6) is -2.06. The molecule has 0 aromatic heterocycles. The minimum Gasteiger partial charge on any atom is -0.466 e. The zero-order chi connectivity index (χ0) is 18.2. The van der Waals surface area contributed by atoms with Crippen molar-refractivity contribution in [3.05, 3.63) is 0 Å². The van der Waals surface area contributed by atoms with Crippen molar-refractivity contribution in [1.29, 1.82) is 0 Å². The van der Waals surface area contributed by atoms with Gasteiger partial charge in [0.15, 0.2) is 5.79 Å². The lowest BCUT2D eigenvalue weighted by molar-refractivity contribution is -0.160. The number of nitrogens with zero attached hydrogens (tertiary/aromatic N) is 2. The zero-order valence-corrected chi connectivity index (χ0v) is 14.9. The lowest BCUT2D eigenvalue weighted by Crippen LogP contribution is -2.61. The van der Waals surface area contributed by atoms with Crippen LogP contribution in [0.4, 0.5) is 4.79 Å². The molecule has 9 heteroatoms. The second-order valence-corrected chi connectivity index (χ2v) is 7.28. The summed E-state index contributed by atoms with van der Waals surface area (Å²) in [5.41, 5.74) is -2.41. The summed E-state index contributed by atoms with van der Waals surface area (Å²) < 4.78 is 21.5. The molecule has 136 valence electrons. The summed E-state index contributed by atoms with van der Waals surface area (Å²) >= 11 is 0. The highest BCUT2D eigenvalue weighted by molar-refractivity contribution is 5.86. The number of ether oxygens (including phenoxy) is 4. The smallest absolute Gasteiger partial charge is 0.410 e. The first-order valence-electron chi connectivity index (χ1n) is 7.79. The largest absolute Gasteiger partial charge is 0.466 e. The Balaban J connectivity index is 2.24. The van der Waals surface area contributed by atoms with E-state index in [4.69, 9.17) is 18.9 Å². The first kappa shape index (κ1) is 18.6. The number of carbonyl (C=O) groups excluding carboxylic acids is 2. The van der Waals surface area contributed by atoms with Crippen molar-refractivity contribution in [1.82, 2.24) is 5.32 Å². The Hall–Kier alpha value is -1.74. The van der Waals surface area contributed by atoms with E-state index in [1.54, 1.807) is 34.6 Å². The Morgan fingerprint density at radius 2 is 1.96 bits per heavy atom. The zero-order valence-electron chi connectivity index (χ0n) is 14.9. The van der Waals surface area contributed by atoms with Crippen LogP contribution < -0.4 is 5.32 Å². The molecule has 1 amide bonds. The Morgan fingerprint density at radius 1 is 1.29 bits per heavy atom. The van der Waals surface area contributed by atoms with Crippen LogP contribution in [0.25, 0.3) is 0 Å². The molecule has 0 aromatic carbocycles. The predicted octanol–water partition coefficient (Wildman–Crippen LogP) is 1.61. The Morgan fingerprint density at radius 3 is 2.46 bits per heavy atom. The number of nitrogens with one attached hydrogen (secondary N) is 1. The van der Waals surface area contributed by atoms with Crippen LogP contribution in [0.3, 0.4) is 0 Å². The topological polar surface area (TPSA) is 108 Å². The van der Waals surface area contributed by atoms with Crippen molar-refractivity contribution >= 4 is 12.1 Å². The van der Waals surface area contributed by atoms with Crippen molar-refractivity contribution in [2.24, 2.45) is 16.1 Å². The normalized spacial score (nSPS) is 31.8. The molecule has 2 rings (SSSR count). The van der Waals surface area contributed by atoms with Crippen LogP contribution in [0.1, 0.15) is 34.6 Å². The molecule has 0 saturated carbocycles. The van der Waals surface area contributed by atoms with Gasteiger partial charge in [-0.25, -0.2) is 9.59 Å². The molecular formula is C15H25N3O6. The minimum absolute atomic E-state index is 0.203. The third-order valence-corrected chi connectivity index (χ3v) is 3.71. The van der Waals surface area contributed by atoms with Crippen LogP contribution in [-0.4, -0.2) is 55.5 Å². The highest BCUT2D eigenvalue weighted by Crippen LogP contribution is 2.37. The molecule has 1 fully saturated rings. The van der Waals surface area contributed by atoms with Gasteiger partial charge in [0.05, 0.1) is 32.3 Å². The van der Waals surface area contributed by atoms with Gasteiger partial charge in [-0.15, -0.1) is 0 Å². The number of methoxy groups -OCH3 is 1. The fourth-order valence-electron chi connectivity index (χ4n) is 2.72. The van der Waals surface area contributed by atoms with E-state index >= 15 is 0 Å². The van der Waals surface area contributed by atoms with Gasteiger partial charge in [-0.1, -0.05) is 0 Å². The van der Waals surface area contributed by atoms with E-state index in [1.807, 2.05) is 0 Å². The highest BCUT2D eigenvalue weighted by Gasteiger charge is 2.58. The molecule has 1 saturated heterocycles. The number of hydrogen-bond donors (Lipinski definition) is 1. The van der Waals surface area contributed by atoms with Crippen molar-refractivity contribution in [3.8, 4) is 0 Å². The molecule has 2 heterocycles. The number of carbonyl (C=O) groups is 2. The number of esters is 1. The van der Waals surface area contributed by atoms with Gasteiger partial charge in [0.25, 0.3) is 5.66 Å². The molecule has 0 spiro atoms. The van der Waals surface area contributed by atoms with Crippen LogP contribution >= 0.6 is 0 Å². The van der Waals surface area contributed by atoms with Gasteiger partial charge < -0.3 is 18.9 Å². The molecule has 0 bridgehead atoms. The number of hydrogen-bond acceptors (Lipinski definition) is 8. The number of alkyl carbamates (subject to hydrolysis) is 1. The first-order valence-corrected chi connectivity index (χ1v) is 7.79. The fourth-order valence-corrected chi connectivity index (χ4v) is 2.72. The van der Waals surface area contributed by atoms with Crippen LogP contribution in [0.2, 0.25) is 0 Å². The third kappa shape index (κ3) is 3.84. The summed E-state index contributed by atoms with van der Waals surface area (Å²) in [7, 11) is 1.22. The maximum Gasteiger partial charge on any atom is 0.410 e. The minimum atomic E-state index is -1.69. The second-order valence-electron chi connectivity index (χ2n) is 7.28. The van der Waals surface area contributed by atoms with Gasteiger partial charge in [-0.05, 0) is 34.6 Å². The molecule has 0 aromatic rings. The monoisotopic (exact) mass is 343 g/mol. The molecule has 24 heavy (non-hydrogen) atoms. The number of rotatable bonds is 3. The molecule has 1 N–H and O–H groups in total. The van der Waals surface area contributed by atoms with Gasteiger partial charge >= 0.3 is 12.1 Å². The fraction of sp³-hybridized carbons (Fsp3) is 0.867. The van der Waals surface area contributed by atoms with E-state index in [-0.39, 0.29) is 13.2 Å². The van der Waals surface area contributed by atoms with E-state index in [0.717, 1.165) is 0 Å². The molecule has 0 radical (unpaired) electrons. The molecule has 2 aliphatic heterocycles. The molecule has 2 aliphatic rings. The third-order valence-electron chi connectivity index (χ3n) is 3.71. The van der Waals surface area contributed by atoms with E-state index in [9.17, 15) is 9.59 Å². The van der Waals surface area contributed by atoms with E-state index in [2.05, 4.69) is 15.5 Å². The van der Waals surface area contributed by atoms with Crippen molar-refractivity contribution in [2.75, 3.05) is 20.3 Å². The Bertz CT molecular complexity index is 542. The van der Waals surface area contributed by atoms with Gasteiger partial charge in [-0.3, -0.25) is 5.32 Å². The lowest BCUT2D eigenvalue weighted by Gasteiger charge is -2.33. The molecular weight excluding hydrogens is 318 g/mol. The molecule has 9 nitrogen and oxygen atoms in total. The maximum atomic E-state index is 12.4. The summed E-state index contributed by atoms with van der Waals surface area (Å²) in [4.78, 5) is 24.6. The van der Waals surface area contributed by atoms with E-state index in [1.165, 1.54) is 7.11 Å². The summed E-state index contributed by atoms with van der Waals surface area (Å²) in [6, 6.07) is 0. The molecule has 3 atom stereocenters. The predicted molar refractivity (Wildman–Crippen MR) is 82.2 cm³/mol. The standard InChI is InChI=1S/C15H25N3O6/c1-13(2,3)24-12(20)17-15(11(19)21-6)9(7-16-18-15)10-8-22-14(4,5)23-10/h9-10H,7-8H2,1-6H3,(H,17,20)/t9-,10+,15+/m0/s1. The van der Waals surface area contributed by atoms with E-state index < -0.39 is 41.1 Å². The average Bonchev–Trinajstić information content (AvgIpc) is 2.99. The Labute approximate surface area is 141 Å². The van der Waals surface area contributed by atoms with Crippen molar-refractivity contribution in [3.63, 3.8) is 0 Å². The summed E-state index contributed by atoms with van der Waals surface area (Å²) in [5, 5.41) is 10.5. The number of amides is 1. The average molecular weight is 343 g/mol. The summed E-state index contributed by atoms with van der Waals surface area (Å²) in [6.45, 7) is 9.19. The van der Waals surface area contributed by atoms with Gasteiger partial charge in [0.2, 0.25) is 0 Å². The van der Waals surface area contributed by atoms with Gasteiger partial charge in [0.1, 0.15) is 5.60 Å². The molecule has 0 unspecified atom stereocenters. The van der Waals surface area contributed by atoms with Crippen molar-refractivity contribution < 1.29 is 28.5 Å². The van der Waals surface area contributed by atoms with Crippen LogP contribution in [-0.2, 0) is 23.7 Å². The van der Waals surface area contributed by atoms with Crippen LogP contribution in [0.15, 0.2) is 10.2 Å². The first-order chi connectivity index (χ1) is 11.0. The molecule has 0 aliphatic carbocycles. The highest BCUT2D eigenvalue weighted by atomic mass is 16.7. The quantitative estimate of drug-likeness (QED) is 0.780. The summed E-state index contributed by atoms with van der Waals surface area (Å²) in [6.07, 6.45) is -1.25. The van der Waals surface area contributed by atoms with Crippen LogP contribution in [0.5, 0.6) is 0 Å².